The summed E-state index contributed by atoms with van der Waals surface area (Å²) >= 11 is 1.79. The maximum absolute atomic E-state index is 5.94. The van der Waals surface area contributed by atoms with Crippen molar-refractivity contribution in [3.05, 3.63) is 34.5 Å². The highest BCUT2D eigenvalue weighted by Crippen LogP contribution is 2.31. The lowest BCUT2D eigenvalue weighted by molar-refractivity contribution is 0.290. The van der Waals surface area contributed by atoms with Crippen molar-refractivity contribution in [2.45, 2.75) is 19.3 Å². The van der Waals surface area contributed by atoms with Crippen molar-refractivity contribution in [1.82, 2.24) is 4.98 Å². The van der Waals surface area contributed by atoms with E-state index in [9.17, 15) is 0 Å². The fraction of sp³-hybridized carbons (Fsp3) is 0.438. The molecule has 21 heavy (non-hydrogen) atoms. The number of nitrogens with two attached hydrogens (primary N) is 1. The van der Waals surface area contributed by atoms with Gasteiger partial charge in [-0.15, -0.1) is 11.3 Å². The molecule has 1 fully saturated rings. The van der Waals surface area contributed by atoms with Crippen molar-refractivity contribution >= 4 is 22.8 Å². The first kappa shape index (κ1) is 14.2. The zero-order chi connectivity index (χ0) is 14.7. The first-order valence-electron chi connectivity index (χ1n) is 7.35. The van der Waals surface area contributed by atoms with E-state index in [2.05, 4.69) is 34.4 Å². The topological polar surface area (TPSA) is 51.4 Å². The van der Waals surface area contributed by atoms with Crippen LogP contribution in [0.3, 0.4) is 0 Å². The van der Waals surface area contributed by atoms with Crippen LogP contribution in [-0.4, -0.2) is 25.2 Å². The molecule has 3 rings (SSSR count). The summed E-state index contributed by atoms with van der Waals surface area (Å²) in [5.41, 5.74) is 6.56. The number of rotatable bonds is 7. The van der Waals surface area contributed by atoms with Gasteiger partial charge in [0.2, 0.25) is 5.88 Å². The van der Waals surface area contributed by atoms with E-state index in [1.165, 1.54) is 17.7 Å². The van der Waals surface area contributed by atoms with Crippen molar-refractivity contribution < 1.29 is 4.74 Å². The van der Waals surface area contributed by atoms with Crippen LogP contribution in [0.1, 0.15) is 17.7 Å². The predicted molar refractivity (Wildman–Crippen MR) is 88.2 cm³/mol. The second-order valence-corrected chi connectivity index (χ2v) is 6.60. The molecule has 5 heteroatoms. The molecule has 0 radical (unpaired) electrons. The maximum atomic E-state index is 5.94. The van der Waals surface area contributed by atoms with E-state index in [1.807, 2.05) is 12.1 Å². The highest BCUT2D eigenvalue weighted by Gasteiger charge is 2.22. The Balaban J connectivity index is 1.61. The van der Waals surface area contributed by atoms with Gasteiger partial charge in [-0.1, -0.05) is 6.07 Å². The highest BCUT2D eigenvalue weighted by molar-refractivity contribution is 7.09. The van der Waals surface area contributed by atoms with E-state index in [-0.39, 0.29) is 0 Å². The minimum Gasteiger partial charge on any atom is -0.476 e. The van der Waals surface area contributed by atoms with Gasteiger partial charge in [-0.05, 0) is 48.8 Å². The number of likely N-dealkylation sites (N-methyl/N-ethyl adjacent to an activating group) is 1. The van der Waals surface area contributed by atoms with Crippen LogP contribution in [0.2, 0.25) is 0 Å². The lowest BCUT2D eigenvalue weighted by Gasteiger charge is -2.19. The third-order valence-electron chi connectivity index (χ3n) is 3.69. The number of hydrogen-bond donors (Lipinski definition) is 1. The summed E-state index contributed by atoms with van der Waals surface area (Å²) in [6, 6.07) is 8.09. The molecular formula is C16H21N3OS. The van der Waals surface area contributed by atoms with Crippen molar-refractivity contribution in [3.8, 4) is 5.88 Å². The average Bonchev–Trinajstić information content (AvgIpc) is 3.17. The SMILES string of the molecule is CN(CCc1cccs1)c1ccc(N)c(OCC2CC2)n1. The first-order valence-corrected chi connectivity index (χ1v) is 8.23. The van der Waals surface area contributed by atoms with Crippen LogP contribution in [0.4, 0.5) is 11.5 Å². The normalized spacial score (nSPS) is 14.1. The number of anilines is 2. The molecule has 2 aromatic rings. The van der Waals surface area contributed by atoms with Crippen LogP contribution in [-0.2, 0) is 6.42 Å². The Morgan fingerprint density at radius 3 is 2.95 bits per heavy atom. The second kappa shape index (κ2) is 6.35. The van der Waals surface area contributed by atoms with E-state index in [0.717, 1.165) is 25.4 Å². The van der Waals surface area contributed by atoms with Crippen LogP contribution in [0.5, 0.6) is 5.88 Å². The smallest absolute Gasteiger partial charge is 0.239 e. The number of ether oxygens (including phenoxy) is 1. The third kappa shape index (κ3) is 3.88. The fourth-order valence-electron chi connectivity index (χ4n) is 2.10. The summed E-state index contributed by atoms with van der Waals surface area (Å²) < 4.78 is 5.74. The van der Waals surface area contributed by atoms with Crippen LogP contribution in [0.15, 0.2) is 29.6 Å². The van der Waals surface area contributed by atoms with Gasteiger partial charge in [-0.3, -0.25) is 0 Å². The maximum Gasteiger partial charge on any atom is 0.239 e. The minimum atomic E-state index is 0.572. The molecule has 0 atom stereocenters. The molecule has 0 bridgehead atoms. The van der Waals surface area contributed by atoms with Gasteiger partial charge in [0.15, 0.2) is 0 Å². The number of nitrogen functional groups attached to an aromatic ring is 1. The zero-order valence-corrected chi connectivity index (χ0v) is 13.1. The zero-order valence-electron chi connectivity index (χ0n) is 12.3. The number of pyridine rings is 1. The molecule has 4 nitrogen and oxygen atoms in total. The van der Waals surface area contributed by atoms with E-state index >= 15 is 0 Å². The summed E-state index contributed by atoms with van der Waals surface area (Å²) in [7, 11) is 2.05. The molecule has 0 aromatic carbocycles. The van der Waals surface area contributed by atoms with Crippen LogP contribution in [0, 0.1) is 5.92 Å². The molecule has 0 saturated heterocycles. The van der Waals surface area contributed by atoms with E-state index in [1.54, 1.807) is 11.3 Å². The standard InChI is InChI=1S/C16H21N3OS/c1-19(9-8-13-3-2-10-21-13)15-7-6-14(17)16(18-15)20-11-12-4-5-12/h2-3,6-7,10,12H,4-5,8-9,11,17H2,1H3. The largest absolute Gasteiger partial charge is 0.476 e. The number of nitrogens with zero attached hydrogens (tertiary/aromatic N) is 2. The monoisotopic (exact) mass is 303 g/mol. The van der Waals surface area contributed by atoms with E-state index in [4.69, 9.17) is 10.5 Å². The second-order valence-electron chi connectivity index (χ2n) is 5.57. The molecule has 112 valence electrons. The summed E-state index contributed by atoms with van der Waals surface area (Å²) in [5, 5.41) is 2.11. The molecular weight excluding hydrogens is 282 g/mol. The Labute approximate surface area is 129 Å². The van der Waals surface area contributed by atoms with Gasteiger partial charge in [-0.25, -0.2) is 0 Å². The summed E-state index contributed by atoms with van der Waals surface area (Å²) in [4.78, 5) is 8.09. The lowest BCUT2D eigenvalue weighted by Crippen LogP contribution is -2.21. The van der Waals surface area contributed by atoms with Crippen molar-refractivity contribution in [2.75, 3.05) is 30.8 Å². The summed E-state index contributed by atoms with van der Waals surface area (Å²) in [6.45, 7) is 1.67. The van der Waals surface area contributed by atoms with Gasteiger partial charge in [0.1, 0.15) is 5.82 Å². The van der Waals surface area contributed by atoms with E-state index in [0.29, 0.717) is 17.5 Å². The van der Waals surface area contributed by atoms with Gasteiger partial charge in [0.05, 0.1) is 12.3 Å². The molecule has 1 aliphatic carbocycles. The van der Waals surface area contributed by atoms with Crippen LogP contribution >= 0.6 is 11.3 Å². The van der Waals surface area contributed by atoms with Gasteiger partial charge < -0.3 is 15.4 Å². The van der Waals surface area contributed by atoms with Crippen LogP contribution in [0.25, 0.3) is 0 Å². The summed E-state index contributed by atoms with van der Waals surface area (Å²) in [5.74, 6) is 2.18. The molecule has 1 aliphatic rings. The lowest BCUT2D eigenvalue weighted by atomic mass is 10.3. The van der Waals surface area contributed by atoms with Gasteiger partial charge >= 0.3 is 0 Å². The Morgan fingerprint density at radius 2 is 2.24 bits per heavy atom. The Kier molecular flexibility index (Phi) is 4.29. The van der Waals surface area contributed by atoms with E-state index < -0.39 is 0 Å². The number of thiophene rings is 1. The average molecular weight is 303 g/mol. The molecule has 2 aromatic heterocycles. The fourth-order valence-corrected chi connectivity index (χ4v) is 2.80. The molecule has 0 amide bonds. The molecule has 2 heterocycles. The minimum absolute atomic E-state index is 0.572. The molecule has 0 unspecified atom stereocenters. The van der Waals surface area contributed by atoms with Crippen molar-refractivity contribution in [2.24, 2.45) is 5.92 Å². The first-order chi connectivity index (χ1) is 10.2. The molecule has 1 saturated carbocycles. The Bertz CT molecular complexity index is 581. The predicted octanol–water partition coefficient (Wildman–Crippen LogP) is 3.19. The highest BCUT2D eigenvalue weighted by atomic mass is 32.1. The number of aromatic nitrogens is 1. The molecule has 0 aliphatic heterocycles. The van der Waals surface area contributed by atoms with Gasteiger partial charge in [-0.2, -0.15) is 4.98 Å². The van der Waals surface area contributed by atoms with Gasteiger partial charge in [0, 0.05) is 18.5 Å². The van der Waals surface area contributed by atoms with Crippen molar-refractivity contribution in [1.29, 1.82) is 0 Å². The van der Waals surface area contributed by atoms with Gasteiger partial charge in [0.25, 0.3) is 0 Å². The molecule has 2 N–H and O–H groups in total. The quantitative estimate of drug-likeness (QED) is 0.853. The molecule has 0 spiro atoms. The third-order valence-corrected chi connectivity index (χ3v) is 4.63. The Morgan fingerprint density at radius 1 is 1.38 bits per heavy atom. The van der Waals surface area contributed by atoms with Crippen LogP contribution < -0.4 is 15.4 Å². The Hall–Kier alpha value is -1.75. The summed E-state index contributed by atoms with van der Waals surface area (Å²) in [6.07, 6.45) is 3.55. The van der Waals surface area contributed by atoms with Crippen molar-refractivity contribution in [3.63, 3.8) is 0 Å². The number of hydrogen-bond acceptors (Lipinski definition) is 5.